The summed E-state index contributed by atoms with van der Waals surface area (Å²) in [6, 6.07) is 0. The van der Waals surface area contributed by atoms with E-state index in [-0.39, 0.29) is 6.10 Å². The second-order valence-corrected chi connectivity index (χ2v) is 3.01. The van der Waals surface area contributed by atoms with Crippen molar-refractivity contribution in [2.75, 3.05) is 6.61 Å². The van der Waals surface area contributed by atoms with Gasteiger partial charge in [0.05, 0.1) is 12.7 Å². The standard InChI is InChI=1S/C7H15NO2/c1-2-3-7(8,9)4-6-5-10-6/h6,9H,2-5,8H2,1H3. The maximum absolute atomic E-state index is 9.42. The molecule has 0 aromatic heterocycles. The maximum Gasteiger partial charge on any atom is 0.116 e. The zero-order valence-corrected chi connectivity index (χ0v) is 6.34. The lowest BCUT2D eigenvalue weighted by molar-refractivity contribution is 0.0215. The third-order valence-corrected chi connectivity index (χ3v) is 1.67. The van der Waals surface area contributed by atoms with Crippen molar-refractivity contribution in [2.45, 2.75) is 38.0 Å². The van der Waals surface area contributed by atoms with Gasteiger partial charge in [-0.3, -0.25) is 0 Å². The molecule has 0 amide bonds. The second-order valence-electron chi connectivity index (χ2n) is 3.01. The number of ether oxygens (including phenoxy) is 1. The van der Waals surface area contributed by atoms with E-state index in [1.807, 2.05) is 6.92 Å². The molecule has 1 saturated heterocycles. The molecule has 0 bridgehead atoms. The lowest BCUT2D eigenvalue weighted by Gasteiger charge is -2.20. The second kappa shape index (κ2) is 2.86. The summed E-state index contributed by atoms with van der Waals surface area (Å²) in [6.07, 6.45) is 2.38. The van der Waals surface area contributed by atoms with Crippen molar-refractivity contribution in [3.05, 3.63) is 0 Å². The van der Waals surface area contributed by atoms with Gasteiger partial charge in [0.15, 0.2) is 0 Å². The molecular weight excluding hydrogens is 130 g/mol. The smallest absolute Gasteiger partial charge is 0.116 e. The van der Waals surface area contributed by atoms with Crippen molar-refractivity contribution in [1.29, 1.82) is 0 Å². The molecule has 2 atom stereocenters. The van der Waals surface area contributed by atoms with Gasteiger partial charge in [-0.15, -0.1) is 0 Å². The van der Waals surface area contributed by atoms with Crippen molar-refractivity contribution in [2.24, 2.45) is 5.73 Å². The quantitative estimate of drug-likeness (QED) is 0.439. The zero-order valence-electron chi connectivity index (χ0n) is 6.34. The van der Waals surface area contributed by atoms with Gasteiger partial charge in [-0.25, -0.2) is 0 Å². The van der Waals surface area contributed by atoms with Crippen molar-refractivity contribution < 1.29 is 9.84 Å². The lowest BCUT2D eigenvalue weighted by Crippen LogP contribution is -2.40. The van der Waals surface area contributed by atoms with Gasteiger partial charge in [0.2, 0.25) is 0 Å². The largest absolute Gasteiger partial charge is 0.376 e. The molecule has 60 valence electrons. The highest BCUT2D eigenvalue weighted by Gasteiger charge is 2.32. The molecule has 0 saturated carbocycles. The van der Waals surface area contributed by atoms with E-state index in [9.17, 15) is 5.11 Å². The van der Waals surface area contributed by atoms with Crippen molar-refractivity contribution in [3.8, 4) is 0 Å². The number of hydrogen-bond donors (Lipinski definition) is 2. The van der Waals surface area contributed by atoms with Gasteiger partial charge in [0.25, 0.3) is 0 Å². The van der Waals surface area contributed by atoms with Crippen molar-refractivity contribution in [1.82, 2.24) is 0 Å². The topological polar surface area (TPSA) is 58.8 Å². The van der Waals surface area contributed by atoms with Gasteiger partial charge in [-0.05, 0) is 6.42 Å². The Morgan fingerprint density at radius 2 is 2.40 bits per heavy atom. The Labute approximate surface area is 61.2 Å². The summed E-state index contributed by atoms with van der Waals surface area (Å²) in [5, 5.41) is 9.42. The van der Waals surface area contributed by atoms with Crippen molar-refractivity contribution in [3.63, 3.8) is 0 Å². The van der Waals surface area contributed by atoms with Crippen LogP contribution in [0.15, 0.2) is 0 Å². The fourth-order valence-electron chi connectivity index (χ4n) is 1.12. The van der Waals surface area contributed by atoms with E-state index in [4.69, 9.17) is 10.5 Å². The van der Waals surface area contributed by atoms with Gasteiger partial charge < -0.3 is 15.6 Å². The SMILES string of the molecule is CCCC(N)(O)CC1CO1. The summed E-state index contributed by atoms with van der Waals surface area (Å²) < 4.78 is 4.95. The monoisotopic (exact) mass is 145 g/mol. The molecule has 1 aliphatic rings. The third kappa shape index (κ3) is 2.64. The van der Waals surface area contributed by atoms with Gasteiger partial charge in [-0.2, -0.15) is 0 Å². The molecule has 1 rings (SSSR count). The Hall–Kier alpha value is -0.120. The normalized spacial score (nSPS) is 29.7. The molecule has 0 spiro atoms. The van der Waals surface area contributed by atoms with Gasteiger partial charge in [-0.1, -0.05) is 13.3 Å². The van der Waals surface area contributed by atoms with Crippen LogP contribution < -0.4 is 5.73 Å². The Morgan fingerprint density at radius 3 is 2.80 bits per heavy atom. The fraction of sp³-hybridized carbons (Fsp3) is 1.00. The highest BCUT2D eigenvalue weighted by Crippen LogP contribution is 2.22. The van der Waals surface area contributed by atoms with E-state index in [0.29, 0.717) is 12.8 Å². The van der Waals surface area contributed by atoms with Crippen LogP contribution in [0.1, 0.15) is 26.2 Å². The predicted molar refractivity (Wildman–Crippen MR) is 38.4 cm³/mol. The van der Waals surface area contributed by atoms with Crippen LogP contribution in [-0.2, 0) is 4.74 Å². The summed E-state index contributed by atoms with van der Waals surface area (Å²) in [6.45, 7) is 2.77. The summed E-state index contributed by atoms with van der Waals surface area (Å²) in [5.74, 6) is 0. The molecule has 0 aromatic carbocycles. The maximum atomic E-state index is 9.42. The van der Waals surface area contributed by atoms with E-state index < -0.39 is 5.72 Å². The van der Waals surface area contributed by atoms with E-state index in [2.05, 4.69) is 0 Å². The summed E-state index contributed by atoms with van der Waals surface area (Å²) >= 11 is 0. The lowest BCUT2D eigenvalue weighted by atomic mass is 10.0. The van der Waals surface area contributed by atoms with Crippen LogP contribution in [0.25, 0.3) is 0 Å². The molecule has 1 fully saturated rings. The summed E-state index contributed by atoms with van der Waals surface area (Å²) in [7, 11) is 0. The number of rotatable bonds is 4. The third-order valence-electron chi connectivity index (χ3n) is 1.67. The highest BCUT2D eigenvalue weighted by atomic mass is 16.6. The van der Waals surface area contributed by atoms with Gasteiger partial charge >= 0.3 is 0 Å². The molecule has 0 aromatic rings. The number of epoxide rings is 1. The Balaban J connectivity index is 2.19. The van der Waals surface area contributed by atoms with Gasteiger partial charge in [0.1, 0.15) is 5.72 Å². The minimum atomic E-state index is -0.990. The van der Waals surface area contributed by atoms with Crippen LogP contribution in [0.5, 0.6) is 0 Å². The number of hydrogen-bond acceptors (Lipinski definition) is 3. The molecule has 3 N–H and O–H groups in total. The number of nitrogens with two attached hydrogens (primary N) is 1. The molecule has 0 radical (unpaired) electrons. The van der Waals surface area contributed by atoms with Crippen LogP contribution in [0.3, 0.4) is 0 Å². The average molecular weight is 145 g/mol. The Kier molecular flexibility index (Phi) is 2.28. The van der Waals surface area contributed by atoms with E-state index in [1.165, 1.54) is 0 Å². The predicted octanol–water partition coefficient (Wildman–Crippen LogP) is 0.223. The average Bonchev–Trinajstić information content (AvgIpc) is 2.48. The van der Waals surface area contributed by atoms with E-state index >= 15 is 0 Å². The highest BCUT2D eigenvalue weighted by molar-refractivity contribution is 4.80. The van der Waals surface area contributed by atoms with Crippen LogP contribution >= 0.6 is 0 Å². The van der Waals surface area contributed by atoms with Crippen LogP contribution in [0.2, 0.25) is 0 Å². The molecule has 0 aliphatic carbocycles. The molecule has 10 heavy (non-hydrogen) atoms. The molecule has 2 unspecified atom stereocenters. The summed E-state index contributed by atoms with van der Waals surface area (Å²) in [5.41, 5.74) is 4.55. The molecular formula is C7H15NO2. The minimum Gasteiger partial charge on any atom is -0.376 e. The zero-order chi connectivity index (χ0) is 7.61. The van der Waals surface area contributed by atoms with E-state index in [1.54, 1.807) is 0 Å². The minimum absolute atomic E-state index is 0.224. The first-order valence-electron chi connectivity index (χ1n) is 3.77. The first-order chi connectivity index (χ1) is 4.64. The Morgan fingerprint density at radius 1 is 1.80 bits per heavy atom. The van der Waals surface area contributed by atoms with Crippen molar-refractivity contribution >= 4 is 0 Å². The van der Waals surface area contributed by atoms with Gasteiger partial charge in [0, 0.05) is 6.42 Å². The first-order valence-corrected chi connectivity index (χ1v) is 3.77. The molecule has 1 heterocycles. The molecule has 3 heteroatoms. The first kappa shape index (κ1) is 7.98. The fourth-order valence-corrected chi connectivity index (χ4v) is 1.12. The molecule has 3 nitrogen and oxygen atoms in total. The number of aliphatic hydroxyl groups is 1. The summed E-state index contributed by atoms with van der Waals surface area (Å²) in [4.78, 5) is 0. The van der Waals surface area contributed by atoms with Crippen LogP contribution in [0.4, 0.5) is 0 Å². The van der Waals surface area contributed by atoms with Crippen LogP contribution in [0, 0.1) is 0 Å². The Bertz CT molecular complexity index is 110. The van der Waals surface area contributed by atoms with Crippen LogP contribution in [-0.4, -0.2) is 23.5 Å². The molecule has 1 aliphatic heterocycles. The van der Waals surface area contributed by atoms with E-state index in [0.717, 1.165) is 13.0 Å².